The van der Waals surface area contributed by atoms with Crippen LogP contribution in [0.15, 0.2) is 47.4 Å². The van der Waals surface area contributed by atoms with Crippen molar-refractivity contribution in [2.45, 2.75) is 43.2 Å². The normalized spacial score (nSPS) is 23.6. The zero-order chi connectivity index (χ0) is 23.2. The van der Waals surface area contributed by atoms with Gasteiger partial charge in [-0.3, -0.25) is 9.69 Å². The van der Waals surface area contributed by atoms with Gasteiger partial charge in [0, 0.05) is 13.1 Å². The van der Waals surface area contributed by atoms with Crippen LogP contribution in [-0.2, 0) is 44.5 Å². The van der Waals surface area contributed by atoms with Crippen LogP contribution in [0.25, 0.3) is 0 Å². The zero-order valence-electron chi connectivity index (χ0n) is 18.5. The highest BCUT2D eigenvalue weighted by Gasteiger charge is 2.49. The molecule has 0 aromatic heterocycles. The molecule has 2 aromatic carbocycles. The number of benzene rings is 2. The number of fused-ring (bicyclic) bond motifs is 1. The predicted octanol–water partition coefficient (Wildman–Crippen LogP) is 2.16. The van der Waals surface area contributed by atoms with Crippen LogP contribution in [0, 0.1) is 0 Å². The van der Waals surface area contributed by atoms with Crippen LogP contribution in [0.2, 0.25) is 0 Å². The maximum absolute atomic E-state index is 13.4. The standard InChI is InChI=1S/C24H27N3O5S/c1-24(20-9-8-18-5-3-6-19(18)15-20)22(28)27(23(29)25-24)16-17-4-2-7-21(14-17)33(30,31)26-10-12-32-13-11-26/h2,4,7-9,14-15H,3,5-6,10-13,16H2,1H3,(H,25,29)/t24-/m1/s1. The largest absolute Gasteiger partial charge is 0.379 e. The Morgan fingerprint density at radius 3 is 2.58 bits per heavy atom. The fourth-order valence-corrected chi connectivity index (χ4v) is 6.32. The highest BCUT2D eigenvalue weighted by molar-refractivity contribution is 7.89. The molecular formula is C24H27N3O5S. The molecule has 1 N–H and O–H groups in total. The highest BCUT2D eigenvalue weighted by atomic mass is 32.2. The summed E-state index contributed by atoms with van der Waals surface area (Å²) in [5.74, 6) is -0.341. The molecule has 2 saturated heterocycles. The van der Waals surface area contributed by atoms with Gasteiger partial charge < -0.3 is 10.1 Å². The van der Waals surface area contributed by atoms with Crippen LogP contribution >= 0.6 is 0 Å². The number of carbonyl (C=O) groups excluding carboxylic acids is 2. The Labute approximate surface area is 193 Å². The molecule has 0 bridgehead atoms. The van der Waals surface area contributed by atoms with E-state index in [2.05, 4.69) is 5.32 Å². The third kappa shape index (κ3) is 3.84. The minimum Gasteiger partial charge on any atom is -0.379 e. The molecule has 2 aromatic rings. The molecule has 2 heterocycles. The first-order valence-corrected chi connectivity index (χ1v) is 12.7. The second-order valence-electron chi connectivity index (χ2n) is 8.95. The van der Waals surface area contributed by atoms with Crippen molar-refractivity contribution in [1.82, 2.24) is 14.5 Å². The second-order valence-corrected chi connectivity index (χ2v) is 10.9. The Bertz CT molecular complexity index is 1220. The first-order chi connectivity index (χ1) is 15.8. The quantitative estimate of drug-likeness (QED) is 0.677. The lowest BCUT2D eigenvalue weighted by atomic mass is 9.89. The summed E-state index contributed by atoms with van der Waals surface area (Å²) in [6.45, 7) is 3.06. The van der Waals surface area contributed by atoms with E-state index in [9.17, 15) is 18.0 Å². The van der Waals surface area contributed by atoms with Gasteiger partial charge in [0.2, 0.25) is 10.0 Å². The first-order valence-electron chi connectivity index (χ1n) is 11.2. The van der Waals surface area contributed by atoms with E-state index in [-0.39, 0.29) is 17.3 Å². The Balaban J connectivity index is 1.38. The number of morpholine rings is 1. The van der Waals surface area contributed by atoms with Crippen molar-refractivity contribution in [3.05, 3.63) is 64.7 Å². The van der Waals surface area contributed by atoms with Crippen molar-refractivity contribution in [2.75, 3.05) is 26.3 Å². The molecule has 0 unspecified atom stereocenters. The van der Waals surface area contributed by atoms with Crippen LogP contribution in [-0.4, -0.2) is 55.9 Å². The minimum atomic E-state index is -3.67. The number of urea groups is 1. The third-order valence-electron chi connectivity index (χ3n) is 6.80. The van der Waals surface area contributed by atoms with E-state index in [1.807, 2.05) is 18.2 Å². The Kier molecular flexibility index (Phi) is 5.50. The summed E-state index contributed by atoms with van der Waals surface area (Å²) in [4.78, 5) is 27.5. The lowest BCUT2D eigenvalue weighted by Gasteiger charge is -2.26. The van der Waals surface area contributed by atoms with Gasteiger partial charge in [-0.2, -0.15) is 4.31 Å². The summed E-state index contributed by atoms with van der Waals surface area (Å²) in [5, 5.41) is 2.85. The van der Waals surface area contributed by atoms with E-state index in [0.717, 1.165) is 29.7 Å². The molecule has 1 aliphatic carbocycles. The number of ether oxygens (including phenoxy) is 1. The third-order valence-corrected chi connectivity index (χ3v) is 8.69. The molecule has 3 aliphatic rings. The molecular weight excluding hydrogens is 442 g/mol. The molecule has 9 heteroatoms. The van der Waals surface area contributed by atoms with E-state index < -0.39 is 21.6 Å². The maximum atomic E-state index is 13.4. The average Bonchev–Trinajstić information content (AvgIpc) is 3.38. The van der Waals surface area contributed by atoms with Gasteiger partial charge in [-0.05, 0) is 60.6 Å². The number of hydrogen-bond acceptors (Lipinski definition) is 5. The summed E-state index contributed by atoms with van der Waals surface area (Å²) in [7, 11) is -3.67. The number of carbonyl (C=O) groups is 2. The van der Waals surface area contributed by atoms with Crippen molar-refractivity contribution >= 4 is 22.0 Å². The first kappa shape index (κ1) is 22.1. The molecule has 2 aliphatic heterocycles. The van der Waals surface area contributed by atoms with E-state index in [1.54, 1.807) is 19.1 Å². The number of sulfonamides is 1. The van der Waals surface area contributed by atoms with Crippen molar-refractivity contribution in [3.8, 4) is 0 Å². The number of amides is 3. The number of nitrogens with zero attached hydrogens (tertiary/aromatic N) is 2. The molecule has 1 atom stereocenters. The summed E-state index contributed by atoms with van der Waals surface area (Å²) >= 11 is 0. The molecule has 174 valence electrons. The number of nitrogens with one attached hydrogen (secondary N) is 1. The van der Waals surface area contributed by atoms with Gasteiger partial charge in [-0.15, -0.1) is 0 Å². The zero-order valence-corrected chi connectivity index (χ0v) is 19.4. The summed E-state index contributed by atoms with van der Waals surface area (Å²) in [6, 6.07) is 12.0. The number of rotatable bonds is 5. The Morgan fingerprint density at radius 1 is 1.03 bits per heavy atom. The smallest absolute Gasteiger partial charge is 0.325 e. The molecule has 0 radical (unpaired) electrons. The molecule has 33 heavy (non-hydrogen) atoms. The SMILES string of the molecule is C[C@]1(c2ccc3c(c2)CCC3)NC(=O)N(Cc2cccc(S(=O)(=O)N3CCOCC3)c2)C1=O. The van der Waals surface area contributed by atoms with Crippen molar-refractivity contribution in [3.63, 3.8) is 0 Å². The minimum absolute atomic E-state index is 0.00231. The molecule has 2 fully saturated rings. The number of hydrogen-bond donors (Lipinski definition) is 1. The van der Waals surface area contributed by atoms with E-state index in [0.29, 0.717) is 31.9 Å². The van der Waals surface area contributed by atoms with Gasteiger partial charge in [0.25, 0.3) is 5.91 Å². The van der Waals surface area contributed by atoms with Gasteiger partial charge in [-0.25, -0.2) is 13.2 Å². The fourth-order valence-electron chi connectivity index (χ4n) is 4.84. The summed E-state index contributed by atoms with van der Waals surface area (Å²) in [6.07, 6.45) is 3.13. The fraction of sp³-hybridized carbons (Fsp3) is 0.417. The van der Waals surface area contributed by atoms with E-state index in [4.69, 9.17) is 4.74 Å². The molecule has 3 amide bonds. The summed E-state index contributed by atoms with van der Waals surface area (Å²) in [5.41, 5.74) is 2.73. The van der Waals surface area contributed by atoms with E-state index >= 15 is 0 Å². The van der Waals surface area contributed by atoms with Gasteiger partial charge in [-0.1, -0.05) is 30.3 Å². The highest BCUT2D eigenvalue weighted by Crippen LogP contribution is 2.33. The Hall–Kier alpha value is -2.75. The number of aryl methyl sites for hydroxylation is 2. The van der Waals surface area contributed by atoms with Crippen molar-refractivity contribution < 1.29 is 22.7 Å². The Morgan fingerprint density at radius 2 is 1.79 bits per heavy atom. The van der Waals surface area contributed by atoms with Crippen molar-refractivity contribution in [2.24, 2.45) is 0 Å². The van der Waals surface area contributed by atoms with Gasteiger partial charge >= 0.3 is 6.03 Å². The van der Waals surface area contributed by atoms with E-state index in [1.165, 1.54) is 27.6 Å². The second kappa shape index (κ2) is 8.23. The molecule has 0 spiro atoms. The molecule has 8 nitrogen and oxygen atoms in total. The van der Waals surface area contributed by atoms with Crippen LogP contribution in [0.3, 0.4) is 0 Å². The lowest BCUT2D eigenvalue weighted by Crippen LogP contribution is -2.41. The van der Waals surface area contributed by atoms with Crippen LogP contribution in [0.4, 0.5) is 4.79 Å². The average molecular weight is 470 g/mol. The van der Waals surface area contributed by atoms with Crippen LogP contribution in [0.5, 0.6) is 0 Å². The monoisotopic (exact) mass is 469 g/mol. The molecule has 5 rings (SSSR count). The predicted molar refractivity (Wildman–Crippen MR) is 121 cm³/mol. The van der Waals surface area contributed by atoms with Crippen LogP contribution in [0.1, 0.15) is 35.6 Å². The van der Waals surface area contributed by atoms with Gasteiger partial charge in [0.1, 0.15) is 5.54 Å². The van der Waals surface area contributed by atoms with Gasteiger partial charge in [0.15, 0.2) is 0 Å². The number of imide groups is 1. The topological polar surface area (TPSA) is 96.0 Å². The van der Waals surface area contributed by atoms with Crippen LogP contribution < -0.4 is 5.32 Å². The van der Waals surface area contributed by atoms with Crippen molar-refractivity contribution in [1.29, 1.82) is 0 Å². The van der Waals surface area contributed by atoms with Gasteiger partial charge in [0.05, 0.1) is 24.7 Å². The summed E-state index contributed by atoms with van der Waals surface area (Å²) < 4.78 is 32.6. The molecule has 0 saturated carbocycles. The maximum Gasteiger partial charge on any atom is 0.325 e. The lowest BCUT2D eigenvalue weighted by molar-refractivity contribution is -0.131.